The molecule has 0 aliphatic carbocycles. The lowest BCUT2D eigenvalue weighted by atomic mass is 9.94. The van der Waals surface area contributed by atoms with Crippen LogP contribution in [0.5, 0.6) is 0 Å². The molecule has 3 nitrogen and oxygen atoms in total. The fourth-order valence-electron chi connectivity index (χ4n) is 11.6. The van der Waals surface area contributed by atoms with Crippen molar-refractivity contribution in [3.05, 3.63) is 273 Å². The van der Waals surface area contributed by atoms with E-state index in [-0.39, 0.29) is 0 Å². The van der Waals surface area contributed by atoms with Crippen LogP contribution in [0, 0.1) is 0 Å². The zero-order valence-electron chi connectivity index (χ0n) is 40.6. The monoisotopic (exact) mass is 991 g/mol. The van der Waals surface area contributed by atoms with Crippen molar-refractivity contribution in [1.82, 2.24) is 4.57 Å². The minimum atomic E-state index is 1.10. The number of benzene rings is 12. The van der Waals surface area contributed by atoms with Gasteiger partial charge in [-0.25, -0.2) is 0 Å². The first-order chi connectivity index (χ1) is 37.2. The maximum absolute atomic E-state index is 2.52. The van der Waals surface area contributed by atoms with Crippen LogP contribution in [0.3, 0.4) is 0 Å². The quantitative estimate of drug-likeness (QED) is 0.143. The SMILES string of the molecule is c1ccc(N(c2ccccc2)c2cc(-c3cc(-c4cc(N(c5ccccc5)c5ccccc5)cc5c4sc4ccccc45)cc(-n4c5ccccc5c5c6ccccc6ccc54)c3)c3sc4ccccc4c3c2)cc1. The number of hydrogen-bond acceptors (Lipinski definition) is 4. The van der Waals surface area contributed by atoms with Crippen LogP contribution in [-0.2, 0) is 0 Å². The van der Waals surface area contributed by atoms with Gasteiger partial charge >= 0.3 is 0 Å². The van der Waals surface area contributed by atoms with Crippen molar-refractivity contribution >= 4 is 130 Å². The van der Waals surface area contributed by atoms with Crippen LogP contribution >= 0.6 is 22.7 Å². The van der Waals surface area contributed by atoms with Crippen LogP contribution in [0.15, 0.2) is 273 Å². The van der Waals surface area contributed by atoms with Crippen molar-refractivity contribution in [1.29, 1.82) is 0 Å². The van der Waals surface area contributed by atoms with Crippen molar-refractivity contribution < 1.29 is 0 Å². The van der Waals surface area contributed by atoms with Gasteiger partial charge in [-0.05, 0) is 137 Å². The van der Waals surface area contributed by atoms with Gasteiger partial charge in [0.05, 0.1) is 11.0 Å². The molecule has 12 aromatic carbocycles. The Kier molecular flexibility index (Phi) is 10.3. The summed E-state index contributed by atoms with van der Waals surface area (Å²) >= 11 is 3.77. The molecule has 0 bridgehead atoms. The third-order valence-corrected chi connectivity index (χ3v) is 17.3. The van der Waals surface area contributed by atoms with Crippen molar-refractivity contribution in [2.75, 3.05) is 9.80 Å². The molecule has 0 radical (unpaired) electrons. The van der Waals surface area contributed by atoms with Crippen LogP contribution in [-0.4, -0.2) is 4.57 Å². The second-order valence-electron chi connectivity index (χ2n) is 19.3. The number of anilines is 6. The summed E-state index contributed by atoms with van der Waals surface area (Å²) in [6, 6.07) is 100. The van der Waals surface area contributed by atoms with E-state index in [0.29, 0.717) is 0 Å². The van der Waals surface area contributed by atoms with Gasteiger partial charge < -0.3 is 14.4 Å². The normalized spacial score (nSPS) is 11.7. The van der Waals surface area contributed by atoms with E-state index in [1.807, 2.05) is 22.7 Å². The average molecular weight is 992 g/mol. The highest BCUT2D eigenvalue weighted by molar-refractivity contribution is 7.26. The molecule has 0 fully saturated rings. The molecular weight excluding hydrogens is 947 g/mol. The Morgan fingerprint density at radius 2 is 0.693 bits per heavy atom. The van der Waals surface area contributed by atoms with Crippen molar-refractivity contribution in [2.24, 2.45) is 0 Å². The van der Waals surface area contributed by atoms with E-state index in [9.17, 15) is 0 Å². The smallest absolute Gasteiger partial charge is 0.0547 e. The minimum absolute atomic E-state index is 1.10. The first kappa shape index (κ1) is 43.3. The number of nitrogens with zero attached hydrogens (tertiary/aromatic N) is 3. The van der Waals surface area contributed by atoms with Gasteiger partial charge in [0.25, 0.3) is 0 Å². The molecule has 0 N–H and O–H groups in total. The lowest BCUT2D eigenvalue weighted by molar-refractivity contribution is 1.18. The van der Waals surface area contributed by atoms with Crippen LogP contribution in [0.4, 0.5) is 34.1 Å². The predicted molar refractivity (Wildman–Crippen MR) is 324 cm³/mol. The molecule has 0 saturated heterocycles. The van der Waals surface area contributed by atoms with Crippen molar-refractivity contribution in [3.8, 4) is 27.9 Å². The van der Waals surface area contributed by atoms with Crippen LogP contribution in [0.25, 0.3) is 101 Å². The Balaban J connectivity index is 1.08. The summed E-state index contributed by atoms with van der Waals surface area (Å²) < 4.78 is 7.57. The number of para-hydroxylation sites is 5. The number of hydrogen-bond donors (Lipinski definition) is 0. The van der Waals surface area contributed by atoms with Gasteiger partial charge in [-0.15, -0.1) is 22.7 Å². The molecule has 5 heteroatoms. The van der Waals surface area contributed by atoms with Gasteiger partial charge in [-0.2, -0.15) is 0 Å². The zero-order chi connectivity index (χ0) is 49.4. The third-order valence-electron chi connectivity index (χ3n) is 14.9. The summed E-state index contributed by atoms with van der Waals surface area (Å²) in [5, 5.41) is 9.99. The van der Waals surface area contributed by atoms with E-state index in [0.717, 1.165) is 50.9 Å². The van der Waals surface area contributed by atoms with E-state index in [1.165, 1.54) is 84.0 Å². The largest absolute Gasteiger partial charge is 0.310 e. The fraction of sp³-hybridized carbons (Fsp3) is 0. The Bertz CT molecular complexity index is 4350. The van der Waals surface area contributed by atoms with Crippen molar-refractivity contribution in [3.63, 3.8) is 0 Å². The van der Waals surface area contributed by atoms with Gasteiger partial charge in [-0.3, -0.25) is 0 Å². The van der Waals surface area contributed by atoms with E-state index in [2.05, 4.69) is 287 Å². The first-order valence-corrected chi connectivity index (χ1v) is 27.1. The molecule has 15 rings (SSSR count). The Morgan fingerprint density at radius 1 is 0.280 bits per heavy atom. The lowest BCUT2D eigenvalue weighted by Crippen LogP contribution is -2.10. The van der Waals surface area contributed by atoms with E-state index < -0.39 is 0 Å². The maximum atomic E-state index is 2.52. The van der Waals surface area contributed by atoms with Gasteiger partial charge in [0.2, 0.25) is 0 Å². The Hall–Kier alpha value is -9.26. The molecule has 0 aliphatic heterocycles. The van der Waals surface area contributed by atoms with Gasteiger partial charge in [0.15, 0.2) is 0 Å². The number of rotatable bonds is 9. The van der Waals surface area contributed by atoms with Crippen LogP contribution in [0.2, 0.25) is 0 Å². The number of fused-ring (bicyclic) bond motifs is 11. The van der Waals surface area contributed by atoms with Crippen LogP contribution in [0.1, 0.15) is 0 Å². The number of thiophene rings is 2. The van der Waals surface area contributed by atoms with Gasteiger partial charge in [0, 0.05) is 102 Å². The molecule has 0 unspecified atom stereocenters. The summed E-state index contributed by atoms with van der Waals surface area (Å²) in [6.07, 6.45) is 0. The van der Waals surface area contributed by atoms with Crippen LogP contribution < -0.4 is 9.80 Å². The molecule has 3 heterocycles. The second-order valence-corrected chi connectivity index (χ2v) is 21.4. The summed E-state index contributed by atoms with van der Waals surface area (Å²) in [5.74, 6) is 0. The highest BCUT2D eigenvalue weighted by atomic mass is 32.1. The van der Waals surface area contributed by atoms with Gasteiger partial charge in [-0.1, -0.05) is 158 Å². The predicted octanol–water partition coefficient (Wildman–Crippen LogP) is 20.9. The maximum Gasteiger partial charge on any atom is 0.0547 e. The molecule has 0 aliphatic rings. The summed E-state index contributed by atoms with van der Waals surface area (Å²) in [7, 11) is 0. The molecule has 352 valence electrons. The molecule has 0 saturated carbocycles. The Morgan fingerprint density at radius 3 is 1.19 bits per heavy atom. The second kappa shape index (κ2) is 17.7. The molecule has 15 aromatic rings. The molecule has 0 spiro atoms. The fourth-order valence-corrected chi connectivity index (χ4v) is 14.0. The Labute approximate surface area is 442 Å². The lowest BCUT2D eigenvalue weighted by Gasteiger charge is -2.27. The topological polar surface area (TPSA) is 11.4 Å². The van der Waals surface area contributed by atoms with Gasteiger partial charge in [0.1, 0.15) is 0 Å². The van der Waals surface area contributed by atoms with E-state index in [1.54, 1.807) is 0 Å². The van der Waals surface area contributed by atoms with Crippen molar-refractivity contribution in [2.45, 2.75) is 0 Å². The molecule has 0 atom stereocenters. The molecule has 0 amide bonds. The van der Waals surface area contributed by atoms with E-state index in [4.69, 9.17) is 0 Å². The summed E-state index contributed by atoms with van der Waals surface area (Å²) in [6.45, 7) is 0. The highest BCUT2D eigenvalue weighted by Crippen LogP contribution is 2.50. The molecular formula is C70H45N3S2. The first-order valence-electron chi connectivity index (χ1n) is 25.5. The highest BCUT2D eigenvalue weighted by Gasteiger charge is 2.24. The molecule has 3 aromatic heterocycles. The zero-order valence-corrected chi connectivity index (χ0v) is 42.3. The standard InChI is InChI=1S/C70H45N3S2/c1-5-22-49(23-6-1)71(50-24-7-2-8-25-50)54-42-60(69-62(44-54)57-31-16-19-35-66(57)74-69)47-39-48(41-53(40-47)73-64-34-18-15-33-59(64)68-56-30-14-13-21-46(56)37-38-65(68)73)61-43-55(45-63-58-32-17-20-36-67(58)75-70(61)63)72(51-26-9-3-10-27-51)52-28-11-4-12-29-52/h1-45H. The summed E-state index contributed by atoms with van der Waals surface area (Å²) in [4.78, 5) is 4.81. The van der Waals surface area contributed by atoms with E-state index >= 15 is 0 Å². The summed E-state index contributed by atoms with van der Waals surface area (Å²) in [5.41, 5.74) is 14.7. The molecule has 75 heavy (non-hydrogen) atoms. The minimum Gasteiger partial charge on any atom is -0.310 e. The average Bonchev–Trinajstić information content (AvgIpc) is 4.18. The third kappa shape index (κ3) is 7.23. The number of aromatic nitrogens is 1.